The van der Waals surface area contributed by atoms with E-state index in [2.05, 4.69) is 30.0 Å². The summed E-state index contributed by atoms with van der Waals surface area (Å²) in [6.07, 6.45) is 2.48. The molecule has 0 saturated carbocycles. The number of nitrogens with zero attached hydrogens (tertiary/aromatic N) is 1. The normalized spacial score (nSPS) is 18.2. The van der Waals surface area contributed by atoms with Crippen LogP contribution < -0.4 is 4.74 Å². The zero-order chi connectivity index (χ0) is 12.1. The Kier molecular flexibility index (Phi) is 4.69. The largest absolute Gasteiger partial charge is 0.488 e. The van der Waals surface area contributed by atoms with Gasteiger partial charge in [0.1, 0.15) is 11.9 Å². The maximum atomic E-state index is 5.95. The molecule has 1 atom stereocenters. The molecule has 0 spiro atoms. The second-order valence-electron chi connectivity index (χ2n) is 4.54. The lowest BCUT2D eigenvalue weighted by Crippen LogP contribution is -2.36. The number of rotatable bonds is 6. The summed E-state index contributed by atoms with van der Waals surface area (Å²) in [4.78, 5) is 2.39. The standard InChI is InChI=1S/C14H20ClNO/c1-2-8-16(9-7-15)11-13-10-12-5-3-4-6-14(12)17-13/h3-6,13H,2,7-11H2,1H3. The highest BCUT2D eigenvalue weighted by atomic mass is 35.5. The zero-order valence-corrected chi connectivity index (χ0v) is 11.1. The molecule has 0 aliphatic carbocycles. The van der Waals surface area contributed by atoms with Crippen LogP contribution in [0.3, 0.4) is 0 Å². The molecule has 17 heavy (non-hydrogen) atoms. The molecule has 1 unspecified atom stereocenters. The molecule has 0 bridgehead atoms. The summed E-state index contributed by atoms with van der Waals surface area (Å²) in [5.74, 6) is 1.75. The Hall–Kier alpha value is -0.730. The Morgan fingerprint density at radius 1 is 1.35 bits per heavy atom. The van der Waals surface area contributed by atoms with Gasteiger partial charge >= 0.3 is 0 Å². The van der Waals surface area contributed by atoms with Crippen molar-refractivity contribution in [3.8, 4) is 5.75 Å². The average Bonchev–Trinajstić information content (AvgIpc) is 2.71. The Morgan fingerprint density at radius 3 is 2.88 bits per heavy atom. The lowest BCUT2D eigenvalue weighted by Gasteiger charge is -2.23. The van der Waals surface area contributed by atoms with Crippen LogP contribution in [0.2, 0.25) is 0 Å². The van der Waals surface area contributed by atoms with E-state index >= 15 is 0 Å². The van der Waals surface area contributed by atoms with E-state index < -0.39 is 0 Å². The fourth-order valence-electron chi connectivity index (χ4n) is 2.37. The third-order valence-electron chi connectivity index (χ3n) is 3.12. The van der Waals surface area contributed by atoms with Crippen LogP contribution in [-0.4, -0.2) is 36.5 Å². The number of hydrogen-bond acceptors (Lipinski definition) is 2. The van der Waals surface area contributed by atoms with Gasteiger partial charge < -0.3 is 4.74 Å². The molecule has 1 aromatic carbocycles. The van der Waals surface area contributed by atoms with Crippen LogP contribution in [0.25, 0.3) is 0 Å². The maximum absolute atomic E-state index is 5.95. The van der Waals surface area contributed by atoms with E-state index in [1.807, 2.05) is 6.07 Å². The van der Waals surface area contributed by atoms with Crippen molar-refractivity contribution in [2.45, 2.75) is 25.9 Å². The monoisotopic (exact) mass is 253 g/mol. The first-order valence-corrected chi connectivity index (χ1v) is 6.89. The quantitative estimate of drug-likeness (QED) is 0.723. The van der Waals surface area contributed by atoms with Gasteiger partial charge in [0.2, 0.25) is 0 Å². The van der Waals surface area contributed by atoms with Crippen molar-refractivity contribution in [3.05, 3.63) is 29.8 Å². The number of alkyl halides is 1. The minimum atomic E-state index is 0.294. The van der Waals surface area contributed by atoms with Crippen molar-refractivity contribution in [1.82, 2.24) is 4.90 Å². The van der Waals surface area contributed by atoms with Crippen LogP contribution in [0, 0.1) is 0 Å². The lowest BCUT2D eigenvalue weighted by molar-refractivity contribution is 0.155. The molecule has 0 fully saturated rings. The second-order valence-corrected chi connectivity index (χ2v) is 4.92. The summed E-state index contributed by atoms with van der Waals surface area (Å²) >= 11 is 5.82. The number of para-hydroxylation sites is 1. The molecule has 0 N–H and O–H groups in total. The molecule has 1 aliphatic heterocycles. The summed E-state index contributed by atoms with van der Waals surface area (Å²) < 4.78 is 5.95. The molecule has 1 aliphatic rings. The van der Waals surface area contributed by atoms with Gasteiger partial charge in [-0.1, -0.05) is 25.1 Å². The molecule has 0 radical (unpaired) electrons. The average molecular weight is 254 g/mol. The third-order valence-corrected chi connectivity index (χ3v) is 3.29. The molecule has 3 heteroatoms. The molecular formula is C14H20ClNO. The maximum Gasteiger partial charge on any atom is 0.123 e. The van der Waals surface area contributed by atoms with Gasteiger partial charge in [-0.3, -0.25) is 4.90 Å². The molecule has 0 saturated heterocycles. The van der Waals surface area contributed by atoms with Gasteiger partial charge in [-0.15, -0.1) is 11.6 Å². The Labute approximate surface area is 109 Å². The van der Waals surface area contributed by atoms with Gasteiger partial charge in [-0.05, 0) is 24.6 Å². The van der Waals surface area contributed by atoms with Crippen LogP contribution in [0.5, 0.6) is 5.75 Å². The number of benzene rings is 1. The summed E-state index contributed by atoms with van der Waals surface area (Å²) in [6, 6.07) is 8.32. The van der Waals surface area contributed by atoms with Crippen LogP contribution in [0.1, 0.15) is 18.9 Å². The highest BCUT2D eigenvalue weighted by Gasteiger charge is 2.23. The molecule has 0 aromatic heterocycles. The van der Waals surface area contributed by atoms with Gasteiger partial charge in [0.15, 0.2) is 0 Å². The van der Waals surface area contributed by atoms with E-state index in [1.165, 1.54) is 5.56 Å². The number of ether oxygens (including phenoxy) is 1. The zero-order valence-electron chi connectivity index (χ0n) is 10.4. The predicted molar refractivity (Wildman–Crippen MR) is 72.0 cm³/mol. The van der Waals surface area contributed by atoms with E-state index in [0.29, 0.717) is 12.0 Å². The van der Waals surface area contributed by atoms with Gasteiger partial charge in [0, 0.05) is 25.4 Å². The smallest absolute Gasteiger partial charge is 0.123 e. The van der Waals surface area contributed by atoms with Crippen LogP contribution >= 0.6 is 11.6 Å². The highest BCUT2D eigenvalue weighted by molar-refractivity contribution is 6.18. The van der Waals surface area contributed by atoms with Crippen molar-refractivity contribution in [2.24, 2.45) is 0 Å². The first-order chi connectivity index (χ1) is 8.33. The van der Waals surface area contributed by atoms with Gasteiger partial charge in [0.05, 0.1) is 0 Å². The number of fused-ring (bicyclic) bond motifs is 1. The molecule has 1 aromatic rings. The molecular weight excluding hydrogens is 234 g/mol. The first-order valence-electron chi connectivity index (χ1n) is 6.36. The molecule has 1 heterocycles. The molecule has 2 rings (SSSR count). The summed E-state index contributed by atoms with van der Waals surface area (Å²) in [5.41, 5.74) is 1.33. The first kappa shape index (κ1) is 12.7. The minimum absolute atomic E-state index is 0.294. The van der Waals surface area contributed by atoms with Crippen molar-refractivity contribution in [1.29, 1.82) is 0 Å². The molecule has 94 valence electrons. The van der Waals surface area contributed by atoms with Gasteiger partial charge in [-0.2, -0.15) is 0 Å². The van der Waals surface area contributed by atoms with E-state index in [4.69, 9.17) is 16.3 Å². The SMILES string of the molecule is CCCN(CCCl)CC1Cc2ccccc2O1. The molecule has 0 amide bonds. The third kappa shape index (κ3) is 3.36. The minimum Gasteiger partial charge on any atom is -0.488 e. The molecule has 2 nitrogen and oxygen atoms in total. The lowest BCUT2D eigenvalue weighted by atomic mass is 10.1. The van der Waals surface area contributed by atoms with E-state index in [9.17, 15) is 0 Å². The van der Waals surface area contributed by atoms with Crippen molar-refractivity contribution in [3.63, 3.8) is 0 Å². The van der Waals surface area contributed by atoms with E-state index in [0.717, 1.165) is 38.2 Å². The van der Waals surface area contributed by atoms with Crippen LogP contribution in [0.4, 0.5) is 0 Å². The number of hydrogen-bond donors (Lipinski definition) is 0. The Bertz CT molecular complexity index is 325. The van der Waals surface area contributed by atoms with Crippen molar-refractivity contribution < 1.29 is 4.74 Å². The fourth-order valence-corrected chi connectivity index (χ4v) is 2.61. The van der Waals surface area contributed by atoms with Crippen LogP contribution in [-0.2, 0) is 6.42 Å². The van der Waals surface area contributed by atoms with Crippen LogP contribution in [0.15, 0.2) is 24.3 Å². The second kappa shape index (κ2) is 6.27. The van der Waals surface area contributed by atoms with Crippen molar-refractivity contribution in [2.75, 3.05) is 25.5 Å². The van der Waals surface area contributed by atoms with Gasteiger partial charge in [-0.25, -0.2) is 0 Å². The van der Waals surface area contributed by atoms with E-state index in [-0.39, 0.29) is 0 Å². The summed E-state index contributed by atoms with van der Waals surface area (Å²) in [7, 11) is 0. The van der Waals surface area contributed by atoms with Crippen molar-refractivity contribution >= 4 is 11.6 Å². The van der Waals surface area contributed by atoms with E-state index in [1.54, 1.807) is 0 Å². The fraction of sp³-hybridized carbons (Fsp3) is 0.571. The topological polar surface area (TPSA) is 12.5 Å². The predicted octanol–water partition coefficient (Wildman–Crippen LogP) is 2.94. The summed E-state index contributed by atoms with van der Waals surface area (Å²) in [6.45, 7) is 5.23. The summed E-state index contributed by atoms with van der Waals surface area (Å²) in [5, 5.41) is 0. The Balaban J connectivity index is 1.89. The Morgan fingerprint density at radius 2 is 2.18 bits per heavy atom. The highest BCUT2D eigenvalue weighted by Crippen LogP contribution is 2.28. The van der Waals surface area contributed by atoms with Gasteiger partial charge in [0.25, 0.3) is 0 Å². The number of halogens is 1.